The van der Waals surface area contributed by atoms with Gasteiger partial charge in [-0.1, -0.05) is 6.92 Å². The molecule has 1 aliphatic rings. The van der Waals surface area contributed by atoms with Crippen LogP contribution in [0.5, 0.6) is 0 Å². The Morgan fingerprint density at radius 2 is 2.38 bits per heavy atom. The number of aliphatic imine (C=N–C) groups is 1. The van der Waals surface area contributed by atoms with Crippen molar-refractivity contribution in [3.05, 3.63) is 22.4 Å². The van der Waals surface area contributed by atoms with Crippen molar-refractivity contribution in [1.29, 1.82) is 0 Å². The van der Waals surface area contributed by atoms with Gasteiger partial charge >= 0.3 is 5.97 Å². The van der Waals surface area contributed by atoms with Gasteiger partial charge in [-0.05, 0) is 49.1 Å². The molecule has 0 saturated carbocycles. The molecule has 0 aliphatic carbocycles. The maximum atomic E-state index is 12.0. The number of nitrogens with zero attached hydrogens (tertiary/aromatic N) is 2. The second-order valence-corrected chi connectivity index (χ2v) is 6.97. The van der Waals surface area contributed by atoms with Gasteiger partial charge in [0.25, 0.3) is 0 Å². The van der Waals surface area contributed by atoms with E-state index in [4.69, 9.17) is 9.73 Å². The molecule has 0 amide bonds. The predicted octanol–water partition coefficient (Wildman–Crippen LogP) is 3.09. The summed E-state index contributed by atoms with van der Waals surface area (Å²) in [7, 11) is 0. The molecule has 1 saturated heterocycles. The van der Waals surface area contributed by atoms with E-state index >= 15 is 0 Å². The van der Waals surface area contributed by atoms with Crippen molar-refractivity contribution in [1.82, 2.24) is 10.2 Å². The molecule has 0 aromatic carbocycles. The molecule has 24 heavy (non-hydrogen) atoms. The van der Waals surface area contributed by atoms with E-state index < -0.39 is 0 Å². The maximum Gasteiger partial charge on any atom is 0.310 e. The summed E-state index contributed by atoms with van der Waals surface area (Å²) in [5.41, 5.74) is 1.34. The average molecular weight is 352 g/mol. The minimum atomic E-state index is -0.0790. The summed E-state index contributed by atoms with van der Waals surface area (Å²) in [6, 6.07) is 2.16. The monoisotopic (exact) mass is 351 g/mol. The summed E-state index contributed by atoms with van der Waals surface area (Å²) in [5, 5.41) is 7.66. The van der Waals surface area contributed by atoms with Gasteiger partial charge in [-0.3, -0.25) is 9.79 Å². The average Bonchev–Trinajstić information content (AvgIpc) is 3.13. The zero-order valence-corrected chi connectivity index (χ0v) is 15.8. The van der Waals surface area contributed by atoms with Gasteiger partial charge in [-0.2, -0.15) is 11.3 Å². The number of carbonyl (C=O) groups excluding carboxylic acids is 1. The standard InChI is InChI=1S/C18H29N3O2S/c1-4-19-18(20-11-14(3)16-8-10-24-13-16)21-9-6-7-15(12-21)17(22)23-5-2/h8,10,13-15H,4-7,9,11-12H2,1-3H3,(H,19,20). The van der Waals surface area contributed by atoms with Gasteiger partial charge in [0.2, 0.25) is 0 Å². The van der Waals surface area contributed by atoms with E-state index in [1.54, 1.807) is 11.3 Å². The first-order chi connectivity index (χ1) is 11.7. The van der Waals surface area contributed by atoms with Gasteiger partial charge in [0.05, 0.1) is 12.5 Å². The summed E-state index contributed by atoms with van der Waals surface area (Å²) >= 11 is 1.72. The van der Waals surface area contributed by atoms with E-state index in [1.807, 2.05) is 6.92 Å². The van der Waals surface area contributed by atoms with Crippen LogP contribution in [0.15, 0.2) is 21.8 Å². The van der Waals surface area contributed by atoms with E-state index in [1.165, 1.54) is 5.56 Å². The van der Waals surface area contributed by atoms with E-state index in [2.05, 4.69) is 40.9 Å². The SMILES string of the molecule is CCNC(=NCC(C)c1ccsc1)N1CCCC(C(=O)OCC)C1. The normalized spacial score (nSPS) is 19.9. The molecule has 1 aromatic heterocycles. The van der Waals surface area contributed by atoms with E-state index in [-0.39, 0.29) is 11.9 Å². The Balaban J connectivity index is 2.00. The minimum absolute atomic E-state index is 0.0446. The lowest BCUT2D eigenvalue weighted by atomic mass is 9.98. The molecular weight excluding hydrogens is 322 g/mol. The van der Waals surface area contributed by atoms with Crippen LogP contribution in [0.4, 0.5) is 0 Å². The van der Waals surface area contributed by atoms with E-state index in [0.717, 1.165) is 38.4 Å². The lowest BCUT2D eigenvalue weighted by molar-refractivity contribution is -0.149. The van der Waals surface area contributed by atoms with Gasteiger partial charge in [0, 0.05) is 32.1 Å². The molecule has 2 rings (SSSR count). The van der Waals surface area contributed by atoms with E-state index in [9.17, 15) is 4.79 Å². The third-order valence-corrected chi connectivity index (χ3v) is 5.00. The van der Waals surface area contributed by atoms with Crippen molar-refractivity contribution in [2.45, 2.75) is 39.5 Å². The molecule has 0 spiro atoms. The Kier molecular flexibility index (Phi) is 7.56. The number of guanidine groups is 1. The van der Waals surface area contributed by atoms with Gasteiger partial charge < -0.3 is 15.0 Å². The van der Waals surface area contributed by atoms with Gasteiger partial charge in [0.1, 0.15) is 0 Å². The van der Waals surface area contributed by atoms with Crippen LogP contribution < -0.4 is 5.32 Å². The number of hydrogen-bond acceptors (Lipinski definition) is 4. The molecule has 1 aliphatic heterocycles. The molecule has 0 radical (unpaired) electrons. The van der Waals surface area contributed by atoms with Crippen molar-refractivity contribution in [2.75, 3.05) is 32.8 Å². The molecule has 5 nitrogen and oxygen atoms in total. The fourth-order valence-corrected chi connectivity index (χ4v) is 3.71. The lowest BCUT2D eigenvalue weighted by Gasteiger charge is -2.34. The van der Waals surface area contributed by atoms with Gasteiger partial charge in [-0.25, -0.2) is 0 Å². The Morgan fingerprint density at radius 3 is 3.04 bits per heavy atom. The summed E-state index contributed by atoms with van der Waals surface area (Å²) < 4.78 is 5.19. The summed E-state index contributed by atoms with van der Waals surface area (Å²) in [4.78, 5) is 19.1. The zero-order chi connectivity index (χ0) is 17.4. The van der Waals surface area contributed by atoms with Crippen LogP contribution >= 0.6 is 11.3 Å². The van der Waals surface area contributed by atoms with Crippen LogP contribution in [0.3, 0.4) is 0 Å². The van der Waals surface area contributed by atoms with Crippen molar-refractivity contribution < 1.29 is 9.53 Å². The molecule has 2 unspecified atom stereocenters. The molecular formula is C18H29N3O2S. The number of piperidine rings is 1. The Bertz CT molecular complexity index is 530. The number of carbonyl (C=O) groups is 1. The third-order valence-electron chi connectivity index (χ3n) is 4.30. The Labute approximate surface area is 149 Å². The molecule has 2 heterocycles. The number of likely N-dealkylation sites (tertiary alicyclic amines) is 1. The minimum Gasteiger partial charge on any atom is -0.466 e. The Morgan fingerprint density at radius 1 is 1.54 bits per heavy atom. The van der Waals surface area contributed by atoms with Crippen LogP contribution in [-0.4, -0.2) is 49.6 Å². The molecule has 0 bridgehead atoms. The number of thiophene rings is 1. The zero-order valence-electron chi connectivity index (χ0n) is 15.0. The second kappa shape index (κ2) is 9.67. The maximum absolute atomic E-state index is 12.0. The highest BCUT2D eigenvalue weighted by molar-refractivity contribution is 7.07. The first kappa shape index (κ1) is 18.8. The predicted molar refractivity (Wildman–Crippen MR) is 99.6 cm³/mol. The largest absolute Gasteiger partial charge is 0.466 e. The van der Waals surface area contributed by atoms with Crippen molar-refractivity contribution in [3.8, 4) is 0 Å². The molecule has 134 valence electrons. The van der Waals surface area contributed by atoms with Crippen molar-refractivity contribution in [3.63, 3.8) is 0 Å². The highest BCUT2D eigenvalue weighted by Crippen LogP contribution is 2.20. The number of ether oxygens (including phenoxy) is 1. The first-order valence-electron chi connectivity index (χ1n) is 8.87. The first-order valence-corrected chi connectivity index (χ1v) is 9.81. The summed E-state index contributed by atoms with van der Waals surface area (Å²) in [6.45, 7) is 9.78. The summed E-state index contributed by atoms with van der Waals surface area (Å²) in [5.74, 6) is 1.19. The Hall–Kier alpha value is -1.56. The number of nitrogens with one attached hydrogen (secondary N) is 1. The van der Waals surface area contributed by atoms with Crippen LogP contribution in [-0.2, 0) is 9.53 Å². The number of esters is 1. The summed E-state index contributed by atoms with van der Waals surface area (Å²) in [6.07, 6.45) is 1.90. The molecule has 6 heteroatoms. The highest BCUT2D eigenvalue weighted by Gasteiger charge is 2.28. The third kappa shape index (κ3) is 5.23. The number of hydrogen-bond donors (Lipinski definition) is 1. The van der Waals surface area contributed by atoms with Crippen molar-refractivity contribution >= 4 is 23.3 Å². The topological polar surface area (TPSA) is 53.9 Å². The van der Waals surface area contributed by atoms with Crippen LogP contribution in [0.25, 0.3) is 0 Å². The molecule has 2 atom stereocenters. The van der Waals surface area contributed by atoms with Crippen molar-refractivity contribution in [2.24, 2.45) is 10.9 Å². The van der Waals surface area contributed by atoms with Crippen LogP contribution in [0.2, 0.25) is 0 Å². The molecule has 1 fully saturated rings. The lowest BCUT2D eigenvalue weighted by Crippen LogP contribution is -2.48. The van der Waals surface area contributed by atoms with E-state index in [0.29, 0.717) is 19.1 Å². The highest BCUT2D eigenvalue weighted by atomic mass is 32.1. The van der Waals surface area contributed by atoms with Gasteiger partial charge in [-0.15, -0.1) is 0 Å². The fraction of sp³-hybridized carbons (Fsp3) is 0.667. The number of rotatable bonds is 6. The molecule has 1 N–H and O–H groups in total. The second-order valence-electron chi connectivity index (χ2n) is 6.19. The van der Waals surface area contributed by atoms with Crippen LogP contribution in [0, 0.1) is 5.92 Å². The fourth-order valence-electron chi connectivity index (χ4n) is 2.93. The smallest absolute Gasteiger partial charge is 0.310 e. The van der Waals surface area contributed by atoms with Gasteiger partial charge in [0.15, 0.2) is 5.96 Å². The quantitative estimate of drug-likeness (QED) is 0.486. The molecule has 1 aromatic rings. The van der Waals surface area contributed by atoms with Crippen LogP contribution in [0.1, 0.15) is 45.1 Å².